The van der Waals surface area contributed by atoms with E-state index >= 15 is 0 Å². The highest BCUT2D eigenvalue weighted by molar-refractivity contribution is 5.17. The third kappa shape index (κ3) is 7.73. The molecule has 0 aliphatic rings. The standard InChI is InChI=1S/C21H31N3/c1-23(2)17-15-22-14-9-16-24(18-20-10-5-3-6-11-20)19-21-12-7-4-8-13-21/h3-8,10-13,22H,9,14-19H2,1-2H3. The Morgan fingerprint density at radius 2 is 1.25 bits per heavy atom. The maximum atomic E-state index is 3.53. The van der Waals surface area contributed by atoms with E-state index in [2.05, 4.69) is 89.9 Å². The van der Waals surface area contributed by atoms with Crippen LogP contribution in [-0.2, 0) is 13.1 Å². The molecule has 2 rings (SSSR count). The molecular weight excluding hydrogens is 294 g/mol. The monoisotopic (exact) mass is 325 g/mol. The Labute approximate surface area is 147 Å². The van der Waals surface area contributed by atoms with Crippen LogP contribution in [0.1, 0.15) is 17.5 Å². The second-order valence-electron chi connectivity index (χ2n) is 6.59. The molecule has 0 aliphatic carbocycles. The van der Waals surface area contributed by atoms with Crippen LogP contribution < -0.4 is 5.32 Å². The SMILES string of the molecule is CN(C)CCNCCCN(Cc1ccccc1)Cc1ccccc1. The summed E-state index contributed by atoms with van der Waals surface area (Å²) in [6.07, 6.45) is 1.17. The second-order valence-corrected chi connectivity index (χ2v) is 6.59. The Bertz CT molecular complexity index is 498. The molecule has 0 saturated heterocycles. The molecule has 1 N–H and O–H groups in total. The van der Waals surface area contributed by atoms with Gasteiger partial charge in [0.25, 0.3) is 0 Å². The molecule has 0 unspecified atom stereocenters. The molecule has 0 spiro atoms. The zero-order valence-corrected chi connectivity index (χ0v) is 15.1. The van der Waals surface area contributed by atoms with Crippen LogP contribution in [0, 0.1) is 0 Å². The topological polar surface area (TPSA) is 18.5 Å². The minimum absolute atomic E-state index is 1.01. The van der Waals surface area contributed by atoms with Gasteiger partial charge in [0.2, 0.25) is 0 Å². The van der Waals surface area contributed by atoms with E-state index in [1.54, 1.807) is 0 Å². The van der Waals surface area contributed by atoms with Crippen LogP contribution in [0.25, 0.3) is 0 Å². The van der Waals surface area contributed by atoms with Crippen molar-refractivity contribution in [3.8, 4) is 0 Å². The number of benzene rings is 2. The fraction of sp³-hybridized carbons (Fsp3) is 0.429. The van der Waals surface area contributed by atoms with Crippen molar-refractivity contribution in [3.63, 3.8) is 0 Å². The summed E-state index contributed by atoms with van der Waals surface area (Å²) >= 11 is 0. The fourth-order valence-corrected chi connectivity index (χ4v) is 2.75. The lowest BCUT2D eigenvalue weighted by Crippen LogP contribution is -2.30. The molecular formula is C21H31N3. The molecule has 0 fully saturated rings. The van der Waals surface area contributed by atoms with Crippen LogP contribution in [0.5, 0.6) is 0 Å². The number of likely N-dealkylation sites (N-methyl/N-ethyl adjacent to an activating group) is 1. The first kappa shape index (κ1) is 18.7. The van der Waals surface area contributed by atoms with Crippen LogP contribution in [0.4, 0.5) is 0 Å². The molecule has 0 saturated carbocycles. The van der Waals surface area contributed by atoms with Crippen molar-refractivity contribution in [2.45, 2.75) is 19.5 Å². The third-order valence-corrected chi connectivity index (χ3v) is 4.06. The third-order valence-electron chi connectivity index (χ3n) is 4.06. The average molecular weight is 326 g/mol. The van der Waals surface area contributed by atoms with Gasteiger partial charge < -0.3 is 10.2 Å². The first-order chi connectivity index (χ1) is 11.7. The number of hydrogen-bond donors (Lipinski definition) is 1. The van der Waals surface area contributed by atoms with Gasteiger partial charge in [0.1, 0.15) is 0 Å². The van der Waals surface area contributed by atoms with Gasteiger partial charge in [0.15, 0.2) is 0 Å². The predicted molar refractivity (Wildman–Crippen MR) is 103 cm³/mol. The molecule has 3 heteroatoms. The smallest absolute Gasteiger partial charge is 0.0237 e. The summed E-state index contributed by atoms with van der Waals surface area (Å²) in [7, 11) is 4.23. The van der Waals surface area contributed by atoms with Crippen LogP contribution in [0.15, 0.2) is 60.7 Å². The molecule has 0 radical (unpaired) electrons. The van der Waals surface area contributed by atoms with Gasteiger partial charge >= 0.3 is 0 Å². The van der Waals surface area contributed by atoms with E-state index in [-0.39, 0.29) is 0 Å². The maximum Gasteiger partial charge on any atom is 0.0237 e. The van der Waals surface area contributed by atoms with Crippen LogP contribution in [0.3, 0.4) is 0 Å². The maximum absolute atomic E-state index is 3.53. The first-order valence-corrected chi connectivity index (χ1v) is 8.89. The van der Waals surface area contributed by atoms with Crippen molar-refractivity contribution in [1.29, 1.82) is 0 Å². The van der Waals surface area contributed by atoms with Gasteiger partial charge in [0.05, 0.1) is 0 Å². The Kier molecular flexibility index (Phi) is 8.53. The molecule has 0 heterocycles. The second kappa shape index (κ2) is 11.0. The molecule has 0 aliphatic heterocycles. The van der Waals surface area contributed by atoms with Gasteiger partial charge in [-0.2, -0.15) is 0 Å². The van der Waals surface area contributed by atoms with Gasteiger partial charge in [0, 0.05) is 32.7 Å². The van der Waals surface area contributed by atoms with E-state index in [0.29, 0.717) is 0 Å². The van der Waals surface area contributed by atoms with E-state index in [1.165, 1.54) is 17.5 Å². The summed E-state index contributed by atoms with van der Waals surface area (Å²) < 4.78 is 0. The van der Waals surface area contributed by atoms with E-state index in [4.69, 9.17) is 0 Å². The summed E-state index contributed by atoms with van der Waals surface area (Å²) in [6, 6.07) is 21.5. The van der Waals surface area contributed by atoms with Gasteiger partial charge in [-0.15, -0.1) is 0 Å². The van der Waals surface area contributed by atoms with E-state index in [9.17, 15) is 0 Å². The van der Waals surface area contributed by atoms with E-state index in [1.807, 2.05) is 0 Å². The molecule has 24 heavy (non-hydrogen) atoms. The Hall–Kier alpha value is -1.68. The molecule has 2 aromatic rings. The van der Waals surface area contributed by atoms with E-state index in [0.717, 1.165) is 39.3 Å². The highest BCUT2D eigenvalue weighted by Gasteiger charge is 2.07. The summed E-state index contributed by atoms with van der Waals surface area (Å²) in [5, 5.41) is 3.53. The Balaban J connectivity index is 1.81. The van der Waals surface area contributed by atoms with Crippen molar-refractivity contribution >= 4 is 0 Å². The van der Waals surface area contributed by atoms with Gasteiger partial charge in [-0.25, -0.2) is 0 Å². The molecule has 3 nitrogen and oxygen atoms in total. The minimum Gasteiger partial charge on any atom is -0.315 e. The summed E-state index contributed by atoms with van der Waals surface area (Å²) in [4.78, 5) is 4.75. The molecule has 2 aromatic carbocycles. The number of hydrogen-bond acceptors (Lipinski definition) is 3. The number of nitrogens with zero attached hydrogens (tertiary/aromatic N) is 2. The van der Waals surface area contributed by atoms with Crippen LogP contribution in [0.2, 0.25) is 0 Å². The average Bonchev–Trinajstić information content (AvgIpc) is 2.59. The van der Waals surface area contributed by atoms with Crippen molar-refractivity contribution in [1.82, 2.24) is 15.1 Å². The molecule has 0 aromatic heterocycles. The lowest BCUT2D eigenvalue weighted by Gasteiger charge is -2.23. The summed E-state index contributed by atoms with van der Waals surface area (Å²) in [5.74, 6) is 0. The predicted octanol–water partition coefficient (Wildman–Crippen LogP) is 3.23. The summed E-state index contributed by atoms with van der Waals surface area (Å²) in [6.45, 7) is 6.36. The van der Waals surface area contributed by atoms with Gasteiger partial charge in [-0.3, -0.25) is 4.90 Å². The van der Waals surface area contributed by atoms with E-state index < -0.39 is 0 Å². The Morgan fingerprint density at radius 1 is 0.708 bits per heavy atom. The van der Waals surface area contributed by atoms with Crippen molar-refractivity contribution in [3.05, 3.63) is 71.8 Å². The summed E-state index contributed by atoms with van der Waals surface area (Å²) in [5.41, 5.74) is 2.77. The van der Waals surface area contributed by atoms with Gasteiger partial charge in [-0.05, 0) is 38.2 Å². The largest absolute Gasteiger partial charge is 0.315 e. The van der Waals surface area contributed by atoms with Crippen LogP contribution in [-0.4, -0.2) is 50.1 Å². The van der Waals surface area contributed by atoms with Crippen molar-refractivity contribution in [2.75, 3.05) is 40.3 Å². The van der Waals surface area contributed by atoms with Crippen LogP contribution >= 0.6 is 0 Å². The fourth-order valence-electron chi connectivity index (χ4n) is 2.75. The highest BCUT2D eigenvalue weighted by atomic mass is 15.1. The molecule has 0 amide bonds. The normalized spacial score (nSPS) is 11.3. The zero-order chi connectivity index (χ0) is 17.0. The quantitative estimate of drug-likeness (QED) is 0.640. The minimum atomic E-state index is 1.01. The molecule has 0 atom stereocenters. The highest BCUT2D eigenvalue weighted by Crippen LogP contribution is 2.10. The van der Waals surface area contributed by atoms with Crippen molar-refractivity contribution in [2.24, 2.45) is 0 Å². The molecule has 130 valence electrons. The zero-order valence-electron chi connectivity index (χ0n) is 15.1. The van der Waals surface area contributed by atoms with Crippen molar-refractivity contribution < 1.29 is 0 Å². The van der Waals surface area contributed by atoms with Gasteiger partial charge in [-0.1, -0.05) is 60.7 Å². The number of rotatable bonds is 11. The number of nitrogens with one attached hydrogen (secondary N) is 1. The lowest BCUT2D eigenvalue weighted by atomic mass is 10.1. The lowest BCUT2D eigenvalue weighted by molar-refractivity contribution is 0.252. The first-order valence-electron chi connectivity index (χ1n) is 8.89. The Morgan fingerprint density at radius 3 is 1.75 bits per heavy atom. The molecule has 0 bridgehead atoms.